The van der Waals surface area contributed by atoms with E-state index < -0.39 is 182 Å². The smallest absolute Gasteiger partial charge is 0.330 e. The van der Waals surface area contributed by atoms with Crippen molar-refractivity contribution in [3.05, 3.63) is 101 Å². The summed E-state index contributed by atoms with van der Waals surface area (Å²) in [7, 11) is 0. The van der Waals surface area contributed by atoms with Gasteiger partial charge in [-0.05, 0) is 59.7 Å². The summed E-state index contributed by atoms with van der Waals surface area (Å²) in [4.78, 5) is 25.2. The van der Waals surface area contributed by atoms with Crippen LogP contribution in [0.15, 0.2) is 78.6 Å². The molecule has 4 aromatic rings. The number of esters is 2. The van der Waals surface area contributed by atoms with Gasteiger partial charge in [0, 0.05) is 24.3 Å². The number of aliphatic hydroxyl groups excluding tert-OH is 10. The van der Waals surface area contributed by atoms with E-state index in [2.05, 4.69) is 4.74 Å². The first kappa shape index (κ1) is 57.5. The molecule has 4 aliphatic heterocycles. The predicted molar refractivity (Wildman–Crippen MR) is 259 cm³/mol. The monoisotopic (exact) mass is 1120 g/mol. The number of hydrogen-bond acceptors (Lipinski definition) is 27. The number of phenolic OH excluding ortho intramolecular Hbond substituents is 7. The molecule has 28 heteroatoms. The molecular formula is C51H55O28+. The maximum absolute atomic E-state index is 12.6. The van der Waals surface area contributed by atoms with Gasteiger partial charge in [-0.15, -0.1) is 0 Å². The van der Waals surface area contributed by atoms with Crippen molar-refractivity contribution in [3.63, 3.8) is 0 Å². The Morgan fingerprint density at radius 1 is 0.506 bits per heavy atom. The number of phenols is 7. The van der Waals surface area contributed by atoms with E-state index in [1.807, 2.05) is 0 Å². The predicted octanol–water partition coefficient (Wildman–Crippen LogP) is -2.33. The fraction of sp³-hybridized carbons (Fsp3) is 0.373. The Balaban J connectivity index is 1.05. The highest BCUT2D eigenvalue weighted by molar-refractivity contribution is 5.87. The van der Waals surface area contributed by atoms with Gasteiger partial charge in [0.1, 0.15) is 104 Å². The lowest BCUT2D eigenvalue weighted by Gasteiger charge is -2.41. The topological polar surface area (TPSA) is 465 Å². The molecule has 1 unspecified atom stereocenters. The van der Waals surface area contributed by atoms with E-state index in [4.69, 9.17) is 37.9 Å². The molecule has 4 aliphatic rings. The highest BCUT2D eigenvalue weighted by atomic mass is 16.7. The van der Waals surface area contributed by atoms with E-state index in [0.717, 1.165) is 54.6 Å². The average Bonchev–Trinajstić information content (AvgIpc) is 3.48. The van der Waals surface area contributed by atoms with Gasteiger partial charge in [-0.3, -0.25) is 0 Å². The third kappa shape index (κ3) is 12.8. The Labute approximate surface area is 444 Å². The quantitative estimate of drug-likeness (QED) is 0.0242. The summed E-state index contributed by atoms with van der Waals surface area (Å²) in [6, 6.07) is 11.5. The van der Waals surface area contributed by atoms with Gasteiger partial charge < -0.3 is 129 Å². The van der Waals surface area contributed by atoms with Crippen LogP contribution in [-0.2, 0) is 38.0 Å². The Kier molecular flexibility index (Phi) is 17.6. The molecule has 16 atom stereocenters. The van der Waals surface area contributed by atoms with Gasteiger partial charge in [-0.2, -0.15) is 0 Å². The highest BCUT2D eigenvalue weighted by Crippen LogP contribution is 2.49. The van der Waals surface area contributed by atoms with Crippen molar-refractivity contribution in [2.24, 2.45) is 0 Å². The van der Waals surface area contributed by atoms with Crippen LogP contribution in [0.5, 0.6) is 57.5 Å². The fourth-order valence-electron chi connectivity index (χ4n) is 8.46. The lowest BCUT2D eigenvalue weighted by Crippen LogP contribution is -2.60. The molecule has 4 aromatic carbocycles. The molecule has 28 nitrogen and oxygen atoms in total. The molecule has 426 valence electrons. The fourth-order valence-corrected chi connectivity index (χ4v) is 8.46. The molecule has 79 heavy (non-hydrogen) atoms. The summed E-state index contributed by atoms with van der Waals surface area (Å²) in [5, 5.41) is 179. The number of ether oxygens (including phenoxy) is 9. The van der Waals surface area contributed by atoms with Gasteiger partial charge in [0.2, 0.25) is 24.6 Å². The molecule has 0 spiro atoms. The first-order valence-electron chi connectivity index (χ1n) is 23.8. The van der Waals surface area contributed by atoms with E-state index in [1.54, 1.807) is 0 Å². The zero-order valence-corrected chi connectivity index (χ0v) is 40.7. The third-order valence-corrected chi connectivity index (χ3v) is 12.8. The molecular weight excluding hydrogens is 1060 g/mol. The standard InChI is InChI=1S/C51H54O28/c52-16-33-39(62)42(65)45(68)51(77-33)76-32-15-23-29(13-22(53)14-30(23)74-49-46(69)43(66)40(63)34(78-49)17-71-36(59)7-3-19-1-5-24(54)26(56)9-19)73-48(32)21-11-28(58)38(61)31(12-21)75-50-47(70)44(67)41(64)35(79-50)18-72-37(60)8-4-20-2-6-25(55)27(57)10-20/h1-15,33-35,39-58,61-70H,16-18H2/p+1/b7-3+,8-4+/t33-,34+,35-,39-,40-,41-,42+,43+,44+,45-,46+,47+,48?,49-,50-,51-/m1/s1. The second kappa shape index (κ2) is 24.1. The summed E-state index contributed by atoms with van der Waals surface area (Å²) in [5.41, 5.74) is 0.281. The normalized spacial score (nSPS) is 30.7. The molecule has 0 saturated carbocycles. The van der Waals surface area contributed by atoms with E-state index in [-0.39, 0.29) is 28.2 Å². The number of aliphatic hydroxyl groups is 11. The SMILES string of the molecule is O=C(/C=C/c1ccc(O)c(O)c1)OC[C@@H]1O[C@@H](Oc2cc(O)cc3c2C=C(O[C@@H]2O[C@H](CO)[C@@H](O)[C@H](O)[C@H]2O)C(c2cc(O)c(O)c(O[C@@H]4O[C@H](COC(=O)/C=C/c5ccc(O)c(O)c5)[C@@H](O)[C@H](O)[C@@H]4O)c2)[OH+]3)[C@@H](O)[C@@H](O)[C@@H]1O. The number of benzene rings is 4. The van der Waals surface area contributed by atoms with Gasteiger partial charge in [0.25, 0.3) is 11.9 Å². The lowest BCUT2D eigenvalue weighted by molar-refractivity contribution is -0.295. The average molecular weight is 1120 g/mol. The Hall–Kier alpha value is -7.68. The molecule has 3 fully saturated rings. The van der Waals surface area contributed by atoms with Crippen molar-refractivity contribution in [2.45, 2.75) is 98.2 Å². The zero-order chi connectivity index (χ0) is 57.1. The molecule has 4 heterocycles. The second-order valence-electron chi connectivity index (χ2n) is 18.3. The maximum atomic E-state index is 12.6. The Morgan fingerprint density at radius 3 is 1.47 bits per heavy atom. The van der Waals surface area contributed by atoms with E-state index in [0.29, 0.717) is 5.56 Å². The Morgan fingerprint density at radius 2 is 0.975 bits per heavy atom. The van der Waals surface area contributed by atoms with Crippen molar-refractivity contribution in [2.75, 3.05) is 19.8 Å². The van der Waals surface area contributed by atoms with Gasteiger partial charge >= 0.3 is 11.9 Å². The van der Waals surface area contributed by atoms with Crippen molar-refractivity contribution in [1.29, 1.82) is 0 Å². The molecule has 0 bridgehead atoms. The molecule has 18 N–H and O–H groups in total. The number of hydrogen-bond donors (Lipinski definition) is 17. The van der Waals surface area contributed by atoms with Crippen molar-refractivity contribution in [1.82, 2.24) is 0 Å². The van der Waals surface area contributed by atoms with Gasteiger partial charge in [0.05, 0.1) is 18.2 Å². The lowest BCUT2D eigenvalue weighted by atomic mass is 9.98. The molecule has 0 radical (unpaired) electrons. The second-order valence-corrected chi connectivity index (χ2v) is 18.3. The van der Waals surface area contributed by atoms with Crippen LogP contribution in [0.3, 0.4) is 0 Å². The van der Waals surface area contributed by atoms with Crippen LogP contribution < -0.4 is 9.47 Å². The molecule has 8 rings (SSSR count). The van der Waals surface area contributed by atoms with Crippen LogP contribution in [0.1, 0.15) is 28.4 Å². The summed E-state index contributed by atoms with van der Waals surface area (Å²) in [5.74, 6) is -7.82. The number of carbonyl (C=O) groups excluding carboxylic acids is 2. The van der Waals surface area contributed by atoms with Gasteiger partial charge in [-0.25, -0.2) is 9.59 Å². The summed E-state index contributed by atoms with van der Waals surface area (Å²) in [6.07, 6.45) is -24.3. The summed E-state index contributed by atoms with van der Waals surface area (Å²) >= 11 is 0. The van der Waals surface area contributed by atoms with Crippen LogP contribution in [0, 0.1) is 0 Å². The first-order chi connectivity index (χ1) is 37.5. The van der Waals surface area contributed by atoms with E-state index in [9.17, 15) is 96.4 Å². The van der Waals surface area contributed by atoms with Crippen LogP contribution in [-0.4, -0.2) is 215 Å². The molecule has 0 aliphatic carbocycles. The van der Waals surface area contributed by atoms with Gasteiger partial charge in [-0.1, -0.05) is 12.1 Å². The minimum atomic E-state index is -2.08. The number of carbonyl (C=O) groups is 2. The number of fused-ring (bicyclic) bond motifs is 1. The first-order valence-corrected chi connectivity index (χ1v) is 23.8. The number of rotatable bonds is 16. The summed E-state index contributed by atoms with van der Waals surface area (Å²) < 4.78 is 49.7. The molecule has 0 amide bonds. The van der Waals surface area contributed by atoms with E-state index >= 15 is 0 Å². The van der Waals surface area contributed by atoms with Crippen LogP contribution in [0.4, 0.5) is 0 Å². The summed E-state index contributed by atoms with van der Waals surface area (Å²) in [6.45, 7) is -2.37. The van der Waals surface area contributed by atoms with E-state index in [1.165, 1.54) is 36.4 Å². The van der Waals surface area contributed by atoms with Crippen LogP contribution >= 0.6 is 0 Å². The highest BCUT2D eigenvalue weighted by Gasteiger charge is 2.50. The van der Waals surface area contributed by atoms with Crippen molar-refractivity contribution in [3.8, 4) is 57.5 Å². The minimum Gasteiger partial charge on any atom is -0.571 e. The Bertz CT molecular complexity index is 2940. The van der Waals surface area contributed by atoms with Crippen molar-refractivity contribution >= 4 is 30.2 Å². The maximum Gasteiger partial charge on any atom is 0.330 e. The van der Waals surface area contributed by atoms with Gasteiger partial charge in [0.15, 0.2) is 40.3 Å². The number of aromatic hydroxyl groups is 8. The van der Waals surface area contributed by atoms with Crippen LogP contribution in [0.2, 0.25) is 0 Å². The van der Waals surface area contributed by atoms with Crippen molar-refractivity contribution < 1.29 is 139 Å². The largest absolute Gasteiger partial charge is 0.571 e. The molecule has 0 aromatic heterocycles. The third-order valence-electron chi connectivity index (χ3n) is 12.8. The minimum absolute atomic E-state index is 0.119. The molecule has 3 saturated heterocycles. The zero-order valence-electron chi connectivity index (χ0n) is 40.7. The van der Waals surface area contributed by atoms with Crippen LogP contribution in [0.25, 0.3) is 18.2 Å².